The third-order valence-electron chi connectivity index (χ3n) is 3.27. The molecule has 1 aromatic carbocycles. The van der Waals surface area contributed by atoms with Gasteiger partial charge in [0.1, 0.15) is 6.54 Å². The third-order valence-corrected chi connectivity index (χ3v) is 4.40. The van der Waals surface area contributed by atoms with E-state index in [0.717, 1.165) is 12.0 Å². The van der Waals surface area contributed by atoms with Crippen molar-refractivity contribution in [1.29, 1.82) is 0 Å². The van der Waals surface area contributed by atoms with Crippen LogP contribution in [0.25, 0.3) is 0 Å². The van der Waals surface area contributed by atoms with E-state index in [2.05, 4.69) is 15.6 Å². The van der Waals surface area contributed by atoms with Gasteiger partial charge in [0, 0.05) is 33.4 Å². The summed E-state index contributed by atoms with van der Waals surface area (Å²) < 4.78 is 22.9. The first-order chi connectivity index (χ1) is 11.2. The number of carbonyl (C=O) groups is 1. The molecule has 0 aliphatic rings. The molecule has 25 heavy (non-hydrogen) atoms. The van der Waals surface area contributed by atoms with Crippen LogP contribution >= 0.6 is 24.0 Å². The minimum atomic E-state index is -3.16. The van der Waals surface area contributed by atoms with Gasteiger partial charge in [0.2, 0.25) is 5.91 Å². The summed E-state index contributed by atoms with van der Waals surface area (Å²) in [6.07, 6.45) is 1.91. The molecule has 0 heterocycles. The fraction of sp³-hybridized carbons (Fsp3) is 0.500. The molecule has 2 N–H and O–H groups in total. The normalized spacial score (nSPS) is 11.4. The zero-order chi connectivity index (χ0) is 18.2. The predicted octanol–water partition coefficient (Wildman–Crippen LogP) is 0.894. The van der Waals surface area contributed by atoms with Gasteiger partial charge >= 0.3 is 0 Å². The molecule has 142 valence electrons. The Kier molecular flexibility index (Phi) is 10.7. The molecule has 7 nitrogen and oxygen atoms in total. The molecule has 1 rings (SSSR count). The highest BCUT2D eigenvalue weighted by Crippen LogP contribution is 2.10. The largest absolute Gasteiger partial charge is 0.357 e. The Labute approximate surface area is 167 Å². The molecule has 1 amide bonds. The number of hydrogen-bond donors (Lipinski definition) is 2. The van der Waals surface area contributed by atoms with Gasteiger partial charge in [0.05, 0.1) is 4.90 Å². The first kappa shape index (κ1) is 23.6. The molecule has 0 aromatic heterocycles. The van der Waals surface area contributed by atoms with E-state index in [9.17, 15) is 13.2 Å². The van der Waals surface area contributed by atoms with Crippen LogP contribution in [0.2, 0.25) is 0 Å². The van der Waals surface area contributed by atoms with Crippen molar-refractivity contribution in [1.82, 2.24) is 15.5 Å². The zero-order valence-corrected chi connectivity index (χ0v) is 18.2. The number of aliphatic imine (C=N–C) groups is 1. The van der Waals surface area contributed by atoms with Crippen LogP contribution in [0.4, 0.5) is 0 Å². The number of nitrogens with zero attached hydrogens (tertiary/aromatic N) is 2. The van der Waals surface area contributed by atoms with Crippen molar-refractivity contribution in [3.63, 3.8) is 0 Å². The average Bonchev–Trinajstić information content (AvgIpc) is 2.51. The van der Waals surface area contributed by atoms with E-state index in [4.69, 9.17) is 0 Å². The lowest BCUT2D eigenvalue weighted by molar-refractivity contribution is -0.127. The van der Waals surface area contributed by atoms with E-state index < -0.39 is 9.84 Å². The van der Waals surface area contributed by atoms with Crippen molar-refractivity contribution in [2.45, 2.75) is 18.2 Å². The zero-order valence-electron chi connectivity index (χ0n) is 15.1. The summed E-state index contributed by atoms with van der Waals surface area (Å²) >= 11 is 0. The van der Waals surface area contributed by atoms with Gasteiger partial charge in [0.25, 0.3) is 0 Å². The van der Waals surface area contributed by atoms with Crippen LogP contribution in [0.3, 0.4) is 0 Å². The minimum Gasteiger partial charge on any atom is -0.357 e. The summed E-state index contributed by atoms with van der Waals surface area (Å²) in [5.41, 5.74) is 1.02. The molecule has 0 spiro atoms. The number of hydrogen-bond acceptors (Lipinski definition) is 4. The number of carbonyl (C=O) groups excluding carboxylic acids is 1. The summed E-state index contributed by atoms with van der Waals surface area (Å²) in [4.78, 5) is 17.6. The van der Waals surface area contributed by atoms with E-state index in [-0.39, 0.29) is 36.4 Å². The monoisotopic (exact) mass is 482 g/mol. The molecule has 0 saturated heterocycles. The molecule has 0 fully saturated rings. The second-order valence-corrected chi connectivity index (χ2v) is 7.59. The summed E-state index contributed by atoms with van der Waals surface area (Å²) in [5.74, 6) is 0.518. The van der Waals surface area contributed by atoms with E-state index >= 15 is 0 Å². The van der Waals surface area contributed by atoms with Crippen molar-refractivity contribution < 1.29 is 13.2 Å². The third kappa shape index (κ3) is 9.05. The molecule has 1 aromatic rings. The fourth-order valence-electron chi connectivity index (χ4n) is 1.86. The van der Waals surface area contributed by atoms with E-state index in [0.29, 0.717) is 23.9 Å². The number of halogens is 1. The van der Waals surface area contributed by atoms with Crippen LogP contribution in [0, 0.1) is 0 Å². The summed E-state index contributed by atoms with van der Waals surface area (Å²) in [7, 11) is 0.222. The van der Waals surface area contributed by atoms with Gasteiger partial charge in [0.15, 0.2) is 15.8 Å². The van der Waals surface area contributed by atoms with Gasteiger partial charge in [-0.3, -0.25) is 4.79 Å². The van der Waals surface area contributed by atoms with Gasteiger partial charge in [-0.1, -0.05) is 12.1 Å². The van der Waals surface area contributed by atoms with Crippen LogP contribution in [-0.4, -0.2) is 65.2 Å². The summed E-state index contributed by atoms with van der Waals surface area (Å²) in [5, 5.41) is 6.24. The molecule has 9 heteroatoms. The van der Waals surface area contributed by atoms with Gasteiger partial charge in [-0.05, 0) is 31.0 Å². The van der Waals surface area contributed by atoms with Crippen LogP contribution in [0.1, 0.15) is 12.5 Å². The summed E-state index contributed by atoms with van der Waals surface area (Å²) in [6, 6.07) is 6.83. The molecular weight excluding hydrogens is 455 g/mol. The smallest absolute Gasteiger partial charge is 0.243 e. The first-order valence-electron chi connectivity index (χ1n) is 7.75. The Morgan fingerprint density at radius 1 is 1.16 bits per heavy atom. The van der Waals surface area contributed by atoms with Crippen LogP contribution in [0.15, 0.2) is 34.2 Å². The molecule has 0 unspecified atom stereocenters. The highest BCUT2D eigenvalue weighted by Gasteiger charge is 2.06. The van der Waals surface area contributed by atoms with Crippen molar-refractivity contribution in [2.24, 2.45) is 4.99 Å². The molecule has 0 radical (unpaired) electrons. The Bertz CT molecular complexity index is 673. The molecule has 0 saturated carbocycles. The van der Waals surface area contributed by atoms with Crippen molar-refractivity contribution >= 4 is 45.7 Å². The number of likely N-dealkylation sites (N-methyl/N-ethyl adjacent to an activating group) is 1. The van der Waals surface area contributed by atoms with Gasteiger partial charge in [-0.15, -0.1) is 24.0 Å². The van der Waals surface area contributed by atoms with E-state index in [1.807, 2.05) is 6.92 Å². The first-order valence-corrected chi connectivity index (χ1v) is 9.64. The Balaban J connectivity index is 0.00000576. The molecule has 0 aliphatic heterocycles. The topological polar surface area (TPSA) is 90.9 Å². The van der Waals surface area contributed by atoms with Crippen molar-refractivity contribution in [3.8, 4) is 0 Å². The van der Waals surface area contributed by atoms with Crippen LogP contribution < -0.4 is 10.6 Å². The Morgan fingerprint density at radius 3 is 2.24 bits per heavy atom. The Hall–Kier alpha value is -1.36. The van der Waals surface area contributed by atoms with Crippen LogP contribution in [0.5, 0.6) is 0 Å². The second kappa shape index (κ2) is 11.3. The summed E-state index contributed by atoms with van der Waals surface area (Å²) in [6.45, 7) is 3.37. The number of guanidine groups is 1. The number of nitrogens with one attached hydrogen (secondary N) is 2. The number of amides is 1. The SMILES string of the molecule is CCNC(=NCC(=O)N(C)C)NCCc1ccc(S(C)(=O)=O)cc1.I. The van der Waals surface area contributed by atoms with Gasteiger partial charge < -0.3 is 15.5 Å². The lowest BCUT2D eigenvalue weighted by atomic mass is 10.1. The lowest BCUT2D eigenvalue weighted by Crippen LogP contribution is -2.39. The maximum atomic E-state index is 11.6. The van der Waals surface area contributed by atoms with Gasteiger partial charge in [-0.25, -0.2) is 13.4 Å². The molecule has 0 aliphatic carbocycles. The van der Waals surface area contributed by atoms with E-state index in [1.54, 1.807) is 38.4 Å². The highest BCUT2D eigenvalue weighted by molar-refractivity contribution is 14.0. The highest BCUT2D eigenvalue weighted by atomic mass is 127. The minimum absolute atomic E-state index is 0. The average molecular weight is 482 g/mol. The fourth-order valence-corrected chi connectivity index (χ4v) is 2.49. The number of benzene rings is 1. The second-order valence-electron chi connectivity index (χ2n) is 5.58. The number of sulfone groups is 1. The van der Waals surface area contributed by atoms with Gasteiger partial charge in [-0.2, -0.15) is 0 Å². The standard InChI is InChI=1S/C16H26N4O3S.HI/c1-5-17-16(19-12-15(21)20(2)3)18-11-10-13-6-8-14(9-7-13)24(4,22)23;/h6-9H,5,10-12H2,1-4H3,(H2,17,18,19);1H. The quantitative estimate of drug-likeness (QED) is 0.343. The van der Waals surface area contributed by atoms with E-state index in [1.165, 1.54) is 11.2 Å². The maximum Gasteiger partial charge on any atom is 0.243 e. The molecule has 0 atom stereocenters. The Morgan fingerprint density at radius 2 is 1.76 bits per heavy atom. The van der Waals surface area contributed by atoms with Crippen molar-refractivity contribution in [3.05, 3.63) is 29.8 Å². The molecular formula is C16H27IN4O3S. The molecule has 0 bridgehead atoms. The lowest BCUT2D eigenvalue weighted by Gasteiger charge is -2.12. The number of rotatable bonds is 7. The maximum absolute atomic E-state index is 11.6. The van der Waals surface area contributed by atoms with Crippen LogP contribution in [-0.2, 0) is 21.1 Å². The predicted molar refractivity (Wildman–Crippen MR) is 111 cm³/mol. The van der Waals surface area contributed by atoms with Crippen molar-refractivity contribution in [2.75, 3.05) is 40.0 Å².